The van der Waals surface area contributed by atoms with Crippen LogP contribution in [0.15, 0.2) is 42.5 Å². The van der Waals surface area contributed by atoms with Crippen molar-refractivity contribution in [3.63, 3.8) is 0 Å². The van der Waals surface area contributed by atoms with Crippen molar-refractivity contribution in [2.75, 3.05) is 19.7 Å². The highest BCUT2D eigenvalue weighted by molar-refractivity contribution is 5.82. The zero-order chi connectivity index (χ0) is 23.3. The molecule has 4 N–H and O–H groups in total. The number of hydrogen-bond donors (Lipinski definition) is 3. The number of carbonyl (C=O) groups is 1. The highest BCUT2D eigenvalue weighted by atomic mass is 19.1. The first-order valence-corrected chi connectivity index (χ1v) is 11.6. The van der Waals surface area contributed by atoms with Crippen LogP contribution in [0.25, 0.3) is 11.1 Å². The van der Waals surface area contributed by atoms with Crippen molar-refractivity contribution in [3.05, 3.63) is 59.4 Å². The Kier molecular flexibility index (Phi) is 8.04. The maximum absolute atomic E-state index is 15.2. The summed E-state index contributed by atoms with van der Waals surface area (Å²) >= 11 is 0. The van der Waals surface area contributed by atoms with E-state index in [-0.39, 0.29) is 17.6 Å². The maximum atomic E-state index is 15.2. The molecule has 3 rings (SSSR count). The lowest BCUT2D eigenvalue weighted by Crippen LogP contribution is -2.53. The number of aliphatic hydroxyl groups excluding tert-OH is 1. The second kappa shape index (κ2) is 10.6. The van der Waals surface area contributed by atoms with Crippen LogP contribution in [0, 0.1) is 11.7 Å². The van der Waals surface area contributed by atoms with Crippen LogP contribution in [0.5, 0.6) is 0 Å². The topological polar surface area (TPSA) is 86.8 Å². The number of rotatable bonds is 8. The average Bonchev–Trinajstić information content (AvgIpc) is 2.83. The Bertz CT molecular complexity index is 935. The van der Waals surface area contributed by atoms with Gasteiger partial charge in [0.2, 0.25) is 5.91 Å². The largest absolute Gasteiger partial charge is 0.394 e. The van der Waals surface area contributed by atoms with Gasteiger partial charge in [0.05, 0.1) is 12.2 Å². The molecule has 2 unspecified atom stereocenters. The molecule has 1 amide bonds. The van der Waals surface area contributed by atoms with E-state index in [1.807, 2.05) is 37.3 Å². The molecule has 0 saturated carbocycles. The monoisotopic (exact) mass is 442 g/mol. The highest BCUT2D eigenvalue weighted by Crippen LogP contribution is 2.44. The smallest absolute Gasteiger partial charge is 0.241 e. The van der Waals surface area contributed by atoms with Gasteiger partial charge in [0, 0.05) is 24.6 Å². The average molecular weight is 443 g/mol. The van der Waals surface area contributed by atoms with Crippen LogP contribution in [0.2, 0.25) is 0 Å². The van der Waals surface area contributed by atoms with Crippen molar-refractivity contribution >= 4 is 5.91 Å². The number of piperidine rings is 1. The molecule has 1 fully saturated rings. The lowest BCUT2D eigenvalue weighted by Gasteiger charge is -2.44. The number of carbonyl (C=O) groups excluding carboxylic acids is 1. The van der Waals surface area contributed by atoms with Gasteiger partial charge in [0.1, 0.15) is 11.9 Å². The molecule has 1 aliphatic rings. The van der Waals surface area contributed by atoms with E-state index < -0.39 is 18.2 Å². The van der Waals surface area contributed by atoms with Gasteiger partial charge in [0.15, 0.2) is 0 Å². The molecular formula is C26H35FN2O3. The number of nitrogens with two attached hydrogens (primary N) is 1. The minimum Gasteiger partial charge on any atom is -0.394 e. The number of hydrogen-bond acceptors (Lipinski definition) is 4. The molecular weight excluding hydrogens is 407 g/mol. The fraction of sp³-hybridized carbons (Fsp3) is 0.500. The van der Waals surface area contributed by atoms with Crippen LogP contribution >= 0.6 is 0 Å². The quantitative estimate of drug-likeness (QED) is 0.583. The van der Waals surface area contributed by atoms with Crippen molar-refractivity contribution in [1.82, 2.24) is 4.90 Å². The van der Waals surface area contributed by atoms with Crippen LogP contribution in [-0.2, 0) is 16.8 Å². The predicted molar refractivity (Wildman–Crippen MR) is 124 cm³/mol. The van der Waals surface area contributed by atoms with E-state index in [0.29, 0.717) is 37.1 Å². The van der Waals surface area contributed by atoms with E-state index in [2.05, 4.69) is 6.92 Å². The van der Waals surface area contributed by atoms with E-state index in [1.54, 1.807) is 11.0 Å². The van der Waals surface area contributed by atoms with Crippen LogP contribution in [0.3, 0.4) is 0 Å². The van der Waals surface area contributed by atoms with E-state index in [9.17, 15) is 15.0 Å². The molecule has 1 aliphatic heterocycles. The van der Waals surface area contributed by atoms with Gasteiger partial charge in [-0.3, -0.25) is 4.79 Å². The van der Waals surface area contributed by atoms with Gasteiger partial charge in [-0.1, -0.05) is 56.7 Å². The van der Waals surface area contributed by atoms with Crippen molar-refractivity contribution in [1.29, 1.82) is 0 Å². The number of amides is 1. The molecule has 32 heavy (non-hydrogen) atoms. The standard InChI is InChI=1S/C26H35FN2O3/c1-3-13-26(32,20-10-7-14-29(16-20)25(31)23(28)17-30)21-11-6-12-22(27)24(21)19-9-5-8-18(4-2)15-19/h5-6,8-9,11-12,15,20,23,30,32H,3-4,7,10,13-14,16-17,28H2,1-2H3/t20?,23-,26?/m0/s1. The first-order valence-electron chi connectivity index (χ1n) is 11.6. The summed E-state index contributed by atoms with van der Waals surface area (Å²) in [6, 6.07) is 11.7. The van der Waals surface area contributed by atoms with Crippen molar-refractivity contribution in [2.24, 2.45) is 11.7 Å². The number of benzene rings is 2. The Morgan fingerprint density at radius 2 is 2.03 bits per heavy atom. The van der Waals surface area contributed by atoms with E-state index in [4.69, 9.17) is 5.73 Å². The van der Waals surface area contributed by atoms with Crippen LogP contribution < -0.4 is 5.73 Å². The molecule has 0 aromatic heterocycles. The molecule has 2 aromatic carbocycles. The molecule has 2 aromatic rings. The minimum absolute atomic E-state index is 0.263. The summed E-state index contributed by atoms with van der Waals surface area (Å²) in [5, 5.41) is 21.4. The summed E-state index contributed by atoms with van der Waals surface area (Å²) in [5.74, 6) is -0.941. The molecule has 1 heterocycles. The zero-order valence-electron chi connectivity index (χ0n) is 19.1. The third kappa shape index (κ3) is 4.87. The number of aliphatic hydroxyl groups is 2. The molecule has 3 atom stereocenters. The summed E-state index contributed by atoms with van der Waals surface area (Å²) in [7, 11) is 0. The number of aryl methyl sites for hydroxylation is 1. The normalized spacial score (nSPS) is 19.4. The maximum Gasteiger partial charge on any atom is 0.241 e. The van der Waals surface area contributed by atoms with Crippen LogP contribution in [-0.4, -0.2) is 46.8 Å². The molecule has 1 saturated heterocycles. The summed E-state index contributed by atoms with van der Waals surface area (Å²) < 4.78 is 15.2. The van der Waals surface area contributed by atoms with Gasteiger partial charge in [-0.2, -0.15) is 0 Å². The van der Waals surface area contributed by atoms with Gasteiger partial charge in [-0.25, -0.2) is 4.39 Å². The Morgan fingerprint density at radius 3 is 2.72 bits per heavy atom. The fourth-order valence-corrected chi connectivity index (χ4v) is 4.94. The number of halogens is 1. The molecule has 0 aliphatic carbocycles. The molecule has 6 heteroatoms. The third-order valence-corrected chi connectivity index (χ3v) is 6.66. The highest BCUT2D eigenvalue weighted by Gasteiger charge is 2.43. The lowest BCUT2D eigenvalue weighted by atomic mass is 9.72. The first kappa shape index (κ1) is 24.4. The summed E-state index contributed by atoms with van der Waals surface area (Å²) in [5.41, 5.74) is 7.31. The summed E-state index contributed by atoms with van der Waals surface area (Å²) in [6.45, 7) is 4.50. The van der Waals surface area contributed by atoms with Crippen LogP contribution in [0.1, 0.15) is 50.7 Å². The summed E-state index contributed by atoms with van der Waals surface area (Å²) in [4.78, 5) is 14.2. The third-order valence-electron chi connectivity index (χ3n) is 6.66. The lowest BCUT2D eigenvalue weighted by molar-refractivity contribution is -0.138. The Morgan fingerprint density at radius 1 is 1.28 bits per heavy atom. The molecule has 0 radical (unpaired) electrons. The van der Waals surface area contributed by atoms with Crippen molar-refractivity contribution in [3.8, 4) is 11.1 Å². The van der Waals surface area contributed by atoms with Gasteiger partial charge in [-0.05, 0) is 48.4 Å². The minimum atomic E-state index is -1.29. The molecule has 174 valence electrons. The Hall–Kier alpha value is -2.28. The summed E-state index contributed by atoms with van der Waals surface area (Å²) in [6.07, 6.45) is 3.44. The fourth-order valence-electron chi connectivity index (χ4n) is 4.94. The van der Waals surface area contributed by atoms with Gasteiger partial charge < -0.3 is 20.8 Å². The Labute approximate surface area is 190 Å². The van der Waals surface area contributed by atoms with E-state index in [1.165, 1.54) is 6.07 Å². The van der Waals surface area contributed by atoms with Crippen molar-refractivity contribution < 1.29 is 19.4 Å². The van der Waals surface area contributed by atoms with Crippen molar-refractivity contribution in [2.45, 2.75) is 57.6 Å². The molecule has 0 spiro atoms. The van der Waals surface area contributed by atoms with Crippen LogP contribution in [0.4, 0.5) is 4.39 Å². The van der Waals surface area contributed by atoms with Gasteiger partial charge in [-0.15, -0.1) is 0 Å². The number of nitrogens with zero attached hydrogens (tertiary/aromatic N) is 1. The second-order valence-corrected chi connectivity index (χ2v) is 8.80. The van der Waals surface area contributed by atoms with E-state index >= 15 is 4.39 Å². The van der Waals surface area contributed by atoms with E-state index in [0.717, 1.165) is 30.4 Å². The van der Waals surface area contributed by atoms with Gasteiger partial charge >= 0.3 is 0 Å². The Balaban J connectivity index is 2.06. The number of likely N-dealkylation sites (tertiary alicyclic amines) is 1. The van der Waals surface area contributed by atoms with Gasteiger partial charge in [0.25, 0.3) is 0 Å². The molecule has 0 bridgehead atoms. The molecule has 5 nitrogen and oxygen atoms in total. The SMILES string of the molecule is CCCC(O)(c1cccc(F)c1-c1cccc(CC)c1)C1CCCN(C(=O)[C@@H](N)CO)C1. The predicted octanol–water partition coefficient (Wildman–Crippen LogP) is 3.60. The first-order chi connectivity index (χ1) is 15.3. The zero-order valence-corrected chi connectivity index (χ0v) is 19.1. The second-order valence-electron chi connectivity index (χ2n) is 8.80.